The molecule has 0 unspecified atom stereocenters. The lowest BCUT2D eigenvalue weighted by Crippen LogP contribution is -2.18. The molecular weight excluding hydrogens is 298 g/mol. The Morgan fingerprint density at radius 2 is 2.15 bits per heavy atom. The van der Waals surface area contributed by atoms with E-state index in [1.807, 2.05) is 5.38 Å². The molecular formula is C13H19NO4S2. The molecule has 0 radical (unpaired) electrons. The normalized spacial score (nSPS) is 15.1. The molecule has 0 amide bonds. The lowest BCUT2D eigenvalue weighted by molar-refractivity contribution is 0.0527. The van der Waals surface area contributed by atoms with E-state index in [0.29, 0.717) is 22.9 Å². The average molecular weight is 317 g/mol. The van der Waals surface area contributed by atoms with Crippen molar-refractivity contribution in [1.29, 1.82) is 0 Å². The fraction of sp³-hybridized carbons (Fsp3) is 0.615. The van der Waals surface area contributed by atoms with Crippen molar-refractivity contribution in [3.63, 3.8) is 0 Å². The molecule has 1 saturated carbocycles. The van der Waals surface area contributed by atoms with E-state index in [0.717, 1.165) is 18.4 Å². The summed E-state index contributed by atoms with van der Waals surface area (Å²) in [5, 5.41) is 2.26. The molecule has 5 nitrogen and oxygen atoms in total. The molecule has 1 aliphatic rings. The highest BCUT2D eigenvalue weighted by molar-refractivity contribution is 7.92. The van der Waals surface area contributed by atoms with E-state index in [-0.39, 0.29) is 12.4 Å². The van der Waals surface area contributed by atoms with Crippen molar-refractivity contribution in [3.05, 3.63) is 16.5 Å². The number of nitrogens with one attached hydrogen (secondary N) is 1. The number of ether oxygens (including phenoxy) is 1. The fourth-order valence-corrected chi connectivity index (χ4v) is 4.49. The summed E-state index contributed by atoms with van der Waals surface area (Å²) in [5.41, 5.74) is 1.32. The SMILES string of the molecule is CCCS(=O)(=O)Nc1scc(C2CC2)c1C(=O)OCC. The predicted octanol–water partition coefficient (Wildman–Crippen LogP) is 2.95. The van der Waals surface area contributed by atoms with Gasteiger partial charge in [-0.25, -0.2) is 13.2 Å². The molecule has 1 heterocycles. The third-order valence-corrected chi connectivity index (χ3v) is 5.54. The first-order valence-electron chi connectivity index (χ1n) is 6.77. The minimum absolute atomic E-state index is 0.0475. The Balaban J connectivity index is 2.30. The highest BCUT2D eigenvalue weighted by atomic mass is 32.2. The smallest absolute Gasteiger partial charge is 0.341 e. The maximum atomic E-state index is 12.1. The van der Waals surface area contributed by atoms with Crippen LogP contribution in [0.5, 0.6) is 0 Å². The van der Waals surface area contributed by atoms with Crippen molar-refractivity contribution in [1.82, 2.24) is 0 Å². The van der Waals surface area contributed by atoms with Crippen LogP contribution in [0.25, 0.3) is 0 Å². The summed E-state index contributed by atoms with van der Waals surface area (Å²) in [6, 6.07) is 0. The summed E-state index contributed by atoms with van der Waals surface area (Å²) in [6.45, 7) is 3.82. The van der Waals surface area contributed by atoms with Gasteiger partial charge in [-0.05, 0) is 43.0 Å². The van der Waals surface area contributed by atoms with Crippen molar-refractivity contribution in [3.8, 4) is 0 Å². The van der Waals surface area contributed by atoms with Crippen LogP contribution in [-0.4, -0.2) is 26.7 Å². The number of hydrogen-bond acceptors (Lipinski definition) is 5. The number of carbonyl (C=O) groups is 1. The topological polar surface area (TPSA) is 72.5 Å². The molecule has 7 heteroatoms. The van der Waals surface area contributed by atoms with Crippen molar-refractivity contribution in [2.75, 3.05) is 17.1 Å². The molecule has 0 saturated heterocycles. The van der Waals surface area contributed by atoms with Crippen LogP contribution in [0, 0.1) is 0 Å². The van der Waals surface area contributed by atoms with E-state index in [4.69, 9.17) is 4.74 Å². The van der Waals surface area contributed by atoms with Crippen molar-refractivity contribution in [2.24, 2.45) is 0 Å². The molecule has 0 spiro atoms. The maximum Gasteiger partial charge on any atom is 0.341 e. The molecule has 1 aromatic rings. The zero-order valence-electron chi connectivity index (χ0n) is 11.6. The van der Waals surface area contributed by atoms with Crippen LogP contribution in [0.3, 0.4) is 0 Å². The summed E-state index contributed by atoms with van der Waals surface area (Å²) >= 11 is 1.26. The molecule has 1 aliphatic carbocycles. The quantitative estimate of drug-likeness (QED) is 0.785. The van der Waals surface area contributed by atoms with Gasteiger partial charge in [0.05, 0.1) is 17.9 Å². The van der Waals surface area contributed by atoms with Gasteiger partial charge in [-0.1, -0.05) is 6.92 Å². The Bertz CT molecular complexity index is 588. The van der Waals surface area contributed by atoms with Crippen LogP contribution in [0.2, 0.25) is 0 Å². The van der Waals surface area contributed by atoms with E-state index in [1.54, 1.807) is 13.8 Å². The Morgan fingerprint density at radius 1 is 1.45 bits per heavy atom. The number of anilines is 1. The second-order valence-electron chi connectivity index (χ2n) is 4.81. The summed E-state index contributed by atoms with van der Waals surface area (Å²) in [7, 11) is -3.39. The number of sulfonamides is 1. The second-order valence-corrected chi connectivity index (χ2v) is 7.53. The minimum Gasteiger partial charge on any atom is -0.462 e. The summed E-state index contributed by atoms with van der Waals surface area (Å²) in [6.07, 6.45) is 2.62. The van der Waals surface area contributed by atoms with E-state index in [9.17, 15) is 13.2 Å². The molecule has 0 bridgehead atoms. The molecule has 0 atom stereocenters. The van der Waals surface area contributed by atoms with E-state index in [1.165, 1.54) is 11.3 Å². The van der Waals surface area contributed by atoms with Gasteiger partial charge in [0.25, 0.3) is 0 Å². The van der Waals surface area contributed by atoms with Gasteiger partial charge in [0.2, 0.25) is 10.0 Å². The van der Waals surface area contributed by atoms with Crippen molar-refractivity contribution in [2.45, 2.75) is 39.0 Å². The molecule has 2 rings (SSSR count). The van der Waals surface area contributed by atoms with Gasteiger partial charge in [0, 0.05) is 0 Å². The third-order valence-electron chi connectivity index (χ3n) is 3.04. The van der Waals surface area contributed by atoms with E-state index < -0.39 is 16.0 Å². The van der Waals surface area contributed by atoms with Crippen molar-refractivity contribution >= 4 is 32.3 Å². The molecule has 1 N–H and O–H groups in total. The number of thiophene rings is 1. The largest absolute Gasteiger partial charge is 0.462 e. The van der Waals surface area contributed by atoms with Gasteiger partial charge >= 0.3 is 5.97 Å². The molecule has 1 fully saturated rings. The van der Waals surface area contributed by atoms with E-state index >= 15 is 0 Å². The zero-order chi connectivity index (χ0) is 14.8. The van der Waals surface area contributed by atoms with Crippen molar-refractivity contribution < 1.29 is 17.9 Å². The number of esters is 1. The van der Waals surface area contributed by atoms with Gasteiger partial charge in [-0.15, -0.1) is 11.3 Å². The maximum absolute atomic E-state index is 12.1. The lowest BCUT2D eigenvalue weighted by atomic mass is 10.1. The fourth-order valence-electron chi connectivity index (χ4n) is 2.02. The summed E-state index contributed by atoms with van der Waals surface area (Å²) in [5.74, 6) is -0.0220. The Hall–Kier alpha value is -1.08. The minimum atomic E-state index is -3.39. The van der Waals surface area contributed by atoms with Gasteiger partial charge in [0.1, 0.15) is 5.00 Å². The summed E-state index contributed by atoms with van der Waals surface area (Å²) in [4.78, 5) is 12.1. The molecule has 0 aromatic carbocycles. The van der Waals surface area contributed by atoms with Crippen LogP contribution < -0.4 is 4.72 Å². The predicted molar refractivity (Wildman–Crippen MR) is 80.0 cm³/mol. The highest BCUT2D eigenvalue weighted by Crippen LogP contribution is 2.46. The monoisotopic (exact) mass is 317 g/mol. The standard InChI is InChI=1S/C13H19NO4S2/c1-3-7-20(16,17)14-12-11(13(15)18-4-2)10(8-19-12)9-5-6-9/h8-9,14H,3-7H2,1-2H3. The molecule has 20 heavy (non-hydrogen) atoms. The molecule has 112 valence electrons. The highest BCUT2D eigenvalue weighted by Gasteiger charge is 2.32. The van der Waals surface area contributed by atoms with Gasteiger partial charge < -0.3 is 4.74 Å². The number of rotatable bonds is 7. The first kappa shape index (κ1) is 15.3. The van der Waals surface area contributed by atoms with Gasteiger partial charge in [0.15, 0.2) is 0 Å². The van der Waals surface area contributed by atoms with Gasteiger partial charge in [-0.2, -0.15) is 0 Å². The Labute approximate surface area is 123 Å². The Kier molecular flexibility index (Phi) is 4.70. The van der Waals surface area contributed by atoms with Crippen LogP contribution >= 0.6 is 11.3 Å². The molecule has 1 aromatic heterocycles. The summed E-state index contributed by atoms with van der Waals surface area (Å²) < 4.78 is 31.3. The second kappa shape index (κ2) is 6.13. The molecule has 0 aliphatic heterocycles. The number of carbonyl (C=O) groups excluding carboxylic acids is 1. The van der Waals surface area contributed by atoms with Crippen LogP contribution in [0.15, 0.2) is 5.38 Å². The zero-order valence-corrected chi connectivity index (χ0v) is 13.3. The van der Waals surface area contributed by atoms with Crippen LogP contribution in [-0.2, 0) is 14.8 Å². The lowest BCUT2D eigenvalue weighted by Gasteiger charge is -2.09. The first-order chi connectivity index (χ1) is 9.48. The number of hydrogen-bond donors (Lipinski definition) is 1. The van der Waals surface area contributed by atoms with E-state index in [2.05, 4.69) is 4.72 Å². The van der Waals surface area contributed by atoms with Gasteiger partial charge in [-0.3, -0.25) is 4.72 Å². The average Bonchev–Trinajstić information content (AvgIpc) is 3.11. The van der Waals surface area contributed by atoms with Crippen LogP contribution in [0.4, 0.5) is 5.00 Å². The third kappa shape index (κ3) is 3.52. The Morgan fingerprint density at radius 3 is 2.70 bits per heavy atom. The van der Waals surface area contributed by atoms with Crippen LogP contribution in [0.1, 0.15) is 54.9 Å². The first-order valence-corrected chi connectivity index (χ1v) is 9.30.